The maximum absolute atomic E-state index is 12.2. The topological polar surface area (TPSA) is 223 Å². The number of aryl methyl sites for hydroxylation is 1. The second kappa shape index (κ2) is 18.4. The molecule has 0 saturated heterocycles. The van der Waals surface area contributed by atoms with Crippen molar-refractivity contribution in [3.8, 4) is 5.75 Å². The molecule has 1 aliphatic rings. The number of alkyl halides is 1. The zero-order valence-electron chi connectivity index (χ0n) is 21.8. The van der Waals surface area contributed by atoms with Crippen molar-refractivity contribution in [3.05, 3.63) is 29.8 Å². The summed E-state index contributed by atoms with van der Waals surface area (Å²) in [5.41, 5.74) is 17.1. The van der Waals surface area contributed by atoms with E-state index < -0.39 is 36.4 Å². The van der Waals surface area contributed by atoms with Gasteiger partial charge in [0.05, 0.1) is 19.8 Å². The SMILES string of the molecule is CC.NC(=NCCCCc1ccc(OCC(O)COCC(O)CO)cc1)NC(=O)C1=NC(Cl)C(N)N=C1N. The number of amidine groups is 1. The molecule has 4 unspecified atom stereocenters. The summed E-state index contributed by atoms with van der Waals surface area (Å²) < 4.78 is 10.6. The third-order valence-corrected chi connectivity index (χ3v) is 5.23. The van der Waals surface area contributed by atoms with Crippen molar-refractivity contribution in [1.29, 1.82) is 0 Å². The van der Waals surface area contributed by atoms with Crippen LogP contribution in [0.1, 0.15) is 32.3 Å². The molecule has 1 amide bonds. The molecule has 4 atom stereocenters. The summed E-state index contributed by atoms with van der Waals surface area (Å²) in [6, 6.07) is 7.48. The lowest BCUT2D eigenvalue weighted by atomic mass is 10.1. The number of aliphatic hydroxyl groups is 3. The molecule has 0 aromatic heterocycles. The Balaban J connectivity index is 0.00000352. The first-order valence-corrected chi connectivity index (χ1v) is 12.8. The van der Waals surface area contributed by atoms with Gasteiger partial charge in [0.25, 0.3) is 5.91 Å². The average molecular weight is 558 g/mol. The monoisotopic (exact) mass is 557 g/mol. The highest BCUT2D eigenvalue weighted by molar-refractivity contribution is 6.67. The van der Waals surface area contributed by atoms with Gasteiger partial charge in [0.15, 0.2) is 23.0 Å². The number of unbranched alkanes of at least 4 members (excludes halogenated alkanes) is 1. The van der Waals surface area contributed by atoms with Crippen LogP contribution in [0.25, 0.3) is 0 Å². The first kappa shape index (κ1) is 33.2. The normalized spacial score (nSPS) is 18.9. The van der Waals surface area contributed by atoms with Gasteiger partial charge >= 0.3 is 0 Å². The summed E-state index contributed by atoms with van der Waals surface area (Å²) in [5, 5.41) is 30.1. The number of hydrogen-bond donors (Lipinski definition) is 7. The molecular formula is C24H40ClN7O6. The number of guanidine groups is 1. The second-order valence-corrected chi connectivity index (χ2v) is 8.46. The van der Waals surface area contributed by atoms with E-state index in [2.05, 4.69) is 20.3 Å². The first-order chi connectivity index (χ1) is 18.2. The minimum atomic E-state index is -0.965. The van der Waals surface area contributed by atoms with Crippen LogP contribution in [-0.2, 0) is 16.0 Å². The van der Waals surface area contributed by atoms with E-state index in [1.54, 1.807) is 0 Å². The maximum Gasteiger partial charge on any atom is 0.279 e. The minimum absolute atomic E-state index is 0.00846. The van der Waals surface area contributed by atoms with E-state index >= 15 is 0 Å². The van der Waals surface area contributed by atoms with E-state index in [9.17, 15) is 15.0 Å². The Kier molecular flexibility index (Phi) is 16.1. The van der Waals surface area contributed by atoms with Crippen LogP contribution in [0.15, 0.2) is 39.2 Å². The van der Waals surface area contributed by atoms with E-state index in [0.717, 1.165) is 24.8 Å². The first-order valence-electron chi connectivity index (χ1n) is 12.4. The molecule has 1 aliphatic heterocycles. The number of rotatable bonds is 14. The van der Waals surface area contributed by atoms with E-state index in [1.807, 2.05) is 38.1 Å². The highest BCUT2D eigenvalue weighted by Crippen LogP contribution is 2.14. The quantitative estimate of drug-likeness (QED) is 0.0500. The van der Waals surface area contributed by atoms with Crippen molar-refractivity contribution >= 4 is 35.0 Å². The van der Waals surface area contributed by atoms with Gasteiger partial charge in [-0.1, -0.05) is 37.6 Å². The lowest BCUT2D eigenvalue weighted by Gasteiger charge is -2.18. The number of amides is 1. The van der Waals surface area contributed by atoms with E-state index in [1.165, 1.54) is 0 Å². The Morgan fingerprint density at radius 1 is 1.13 bits per heavy atom. The Morgan fingerprint density at radius 2 is 1.79 bits per heavy atom. The minimum Gasteiger partial charge on any atom is -0.491 e. The number of benzene rings is 1. The summed E-state index contributed by atoms with van der Waals surface area (Å²) in [5.74, 6) is -0.216. The van der Waals surface area contributed by atoms with Gasteiger partial charge in [-0.05, 0) is 37.0 Å². The van der Waals surface area contributed by atoms with Crippen molar-refractivity contribution in [2.24, 2.45) is 32.2 Å². The zero-order chi connectivity index (χ0) is 28.5. The molecule has 1 aromatic rings. The molecule has 14 heteroatoms. The third-order valence-electron chi connectivity index (χ3n) is 4.87. The molecule has 13 nitrogen and oxygen atoms in total. The fraction of sp³-hybridized carbons (Fsp3) is 0.583. The summed E-state index contributed by atoms with van der Waals surface area (Å²) in [6.07, 6.45) is -0.227. The molecule has 38 heavy (non-hydrogen) atoms. The van der Waals surface area contributed by atoms with E-state index in [0.29, 0.717) is 12.3 Å². The summed E-state index contributed by atoms with van der Waals surface area (Å²) in [6.45, 7) is 4.00. The number of nitrogens with zero attached hydrogens (tertiary/aromatic N) is 3. The third kappa shape index (κ3) is 12.6. The molecule has 10 N–H and O–H groups in total. The second-order valence-electron chi connectivity index (χ2n) is 8.02. The Morgan fingerprint density at radius 3 is 2.45 bits per heavy atom. The van der Waals surface area contributed by atoms with Crippen LogP contribution in [0.5, 0.6) is 5.75 Å². The van der Waals surface area contributed by atoms with Crippen LogP contribution in [0.2, 0.25) is 0 Å². The lowest BCUT2D eigenvalue weighted by Crippen LogP contribution is -2.49. The molecule has 1 aromatic carbocycles. The predicted octanol–water partition coefficient (Wildman–Crippen LogP) is -0.763. The Hall–Kier alpha value is -2.81. The number of ether oxygens (including phenoxy) is 2. The molecule has 0 fully saturated rings. The molecule has 0 aliphatic carbocycles. The molecule has 2 rings (SSSR count). The summed E-state index contributed by atoms with van der Waals surface area (Å²) >= 11 is 5.89. The number of nitrogens with one attached hydrogen (secondary N) is 1. The number of halogens is 1. The van der Waals surface area contributed by atoms with E-state index in [4.69, 9.17) is 43.4 Å². The fourth-order valence-corrected chi connectivity index (χ4v) is 3.12. The van der Waals surface area contributed by atoms with Crippen molar-refractivity contribution in [2.75, 3.05) is 33.0 Å². The Bertz CT molecular complexity index is 929. The highest BCUT2D eigenvalue weighted by atomic mass is 35.5. The largest absolute Gasteiger partial charge is 0.491 e. The van der Waals surface area contributed by atoms with Gasteiger partial charge in [0.2, 0.25) is 0 Å². The number of aliphatic hydroxyl groups excluding tert-OH is 3. The summed E-state index contributed by atoms with van der Waals surface area (Å²) in [4.78, 5) is 24.1. The van der Waals surface area contributed by atoms with Gasteiger partial charge in [0, 0.05) is 6.54 Å². The smallest absolute Gasteiger partial charge is 0.279 e. The molecule has 0 saturated carbocycles. The number of carbonyl (C=O) groups is 1. The number of hydrogen-bond acceptors (Lipinski definition) is 11. The van der Waals surface area contributed by atoms with Crippen LogP contribution in [0.4, 0.5) is 0 Å². The molecule has 1 heterocycles. The van der Waals surface area contributed by atoms with Crippen LogP contribution >= 0.6 is 11.6 Å². The van der Waals surface area contributed by atoms with Crippen molar-refractivity contribution < 1.29 is 29.6 Å². The molecule has 0 radical (unpaired) electrons. The number of aliphatic imine (C=N–C) groups is 3. The molecule has 0 spiro atoms. The molecule has 214 valence electrons. The van der Waals surface area contributed by atoms with Gasteiger partial charge in [0.1, 0.15) is 30.7 Å². The van der Waals surface area contributed by atoms with Crippen LogP contribution in [-0.4, -0.2) is 95.6 Å². The van der Waals surface area contributed by atoms with Crippen LogP contribution in [0, 0.1) is 0 Å². The average Bonchev–Trinajstić information content (AvgIpc) is 2.91. The van der Waals surface area contributed by atoms with Gasteiger partial charge in [-0.25, -0.2) is 4.99 Å². The molecule has 0 bridgehead atoms. The fourth-order valence-electron chi connectivity index (χ4n) is 2.97. The van der Waals surface area contributed by atoms with Gasteiger partial charge in [-0.3, -0.25) is 20.1 Å². The van der Waals surface area contributed by atoms with Crippen molar-refractivity contribution in [2.45, 2.75) is 57.0 Å². The van der Waals surface area contributed by atoms with Gasteiger partial charge < -0.3 is 42.0 Å². The van der Waals surface area contributed by atoms with Crippen LogP contribution < -0.4 is 27.3 Å². The predicted molar refractivity (Wildman–Crippen MR) is 147 cm³/mol. The highest BCUT2D eigenvalue weighted by Gasteiger charge is 2.26. The zero-order valence-corrected chi connectivity index (χ0v) is 22.5. The maximum atomic E-state index is 12.2. The Labute approximate surface area is 227 Å². The van der Waals surface area contributed by atoms with Gasteiger partial charge in [-0.2, -0.15) is 0 Å². The van der Waals surface area contributed by atoms with Crippen molar-refractivity contribution in [3.63, 3.8) is 0 Å². The summed E-state index contributed by atoms with van der Waals surface area (Å²) in [7, 11) is 0. The lowest BCUT2D eigenvalue weighted by molar-refractivity contribution is -0.113. The van der Waals surface area contributed by atoms with Crippen molar-refractivity contribution in [1.82, 2.24) is 5.32 Å². The standard InChI is InChI=1S/C22H34ClN7O6.C2H6/c23-18-20(25)29-19(24)17(28-18)21(34)30-22(26)27-8-2-1-3-13-4-6-16(7-5-13)36-12-15(33)11-35-10-14(32)9-31;1-2/h4-7,14-15,18,20,31-33H,1-3,8-12,25H2,(H2,24,29)(H3,26,27,30,34);1-2H3. The molecular weight excluding hydrogens is 518 g/mol. The van der Waals surface area contributed by atoms with Gasteiger partial charge in [-0.15, -0.1) is 0 Å². The van der Waals surface area contributed by atoms with Crippen LogP contribution in [0.3, 0.4) is 0 Å². The number of nitrogens with two attached hydrogens (primary N) is 3. The number of carbonyl (C=O) groups excluding carboxylic acids is 1. The van der Waals surface area contributed by atoms with E-state index in [-0.39, 0.29) is 37.3 Å².